The summed E-state index contributed by atoms with van der Waals surface area (Å²) in [6, 6.07) is 11.6. The van der Waals surface area contributed by atoms with Crippen molar-refractivity contribution in [3.63, 3.8) is 0 Å². The molecule has 2 aromatic carbocycles. The van der Waals surface area contributed by atoms with Gasteiger partial charge in [-0.2, -0.15) is 13.2 Å². The van der Waals surface area contributed by atoms with E-state index in [1.54, 1.807) is 24.3 Å². The fraction of sp³-hybridized carbons (Fsp3) is 0.125. The van der Waals surface area contributed by atoms with Crippen LogP contribution in [0.3, 0.4) is 0 Å². The van der Waals surface area contributed by atoms with Gasteiger partial charge in [-0.05, 0) is 24.3 Å². The minimum Gasteiger partial charge on any atom is -0.390 e. The average molecular weight is 354 g/mol. The van der Waals surface area contributed by atoms with Gasteiger partial charge in [-0.15, -0.1) is 5.10 Å². The van der Waals surface area contributed by atoms with Crippen molar-refractivity contribution < 1.29 is 18.3 Å². The Balaban J connectivity index is 2.27. The lowest BCUT2D eigenvalue weighted by molar-refractivity contribution is -0.137. The van der Waals surface area contributed by atoms with Crippen LogP contribution in [0.25, 0.3) is 16.9 Å². The molecule has 0 aliphatic carbocycles. The molecule has 124 valence electrons. The first-order valence-electron chi connectivity index (χ1n) is 6.90. The molecule has 0 radical (unpaired) electrons. The van der Waals surface area contributed by atoms with Gasteiger partial charge in [0, 0.05) is 10.6 Å². The number of benzene rings is 2. The zero-order valence-corrected chi connectivity index (χ0v) is 12.9. The van der Waals surface area contributed by atoms with Crippen LogP contribution in [0.4, 0.5) is 13.2 Å². The molecule has 24 heavy (non-hydrogen) atoms. The zero-order valence-electron chi connectivity index (χ0n) is 12.1. The zero-order chi connectivity index (χ0) is 17.3. The monoisotopic (exact) mass is 353 g/mol. The van der Waals surface area contributed by atoms with E-state index in [4.69, 9.17) is 11.6 Å². The van der Waals surface area contributed by atoms with Crippen molar-refractivity contribution in [2.45, 2.75) is 12.8 Å². The predicted molar refractivity (Wildman–Crippen MR) is 82.7 cm³/mol. The van der Waals surface area contributed by atoms with Crippen molar-refractivity contribution in [1.82, 2.24) is 15.0 Å². The van der Waals surface area contributed by atoms with Crippen LogP contribution in [0, 0.1) is 0 Å². The lowest BCUT2D eigenvalue weighted by atomic mass is 10.1. The molecule has 8 heteroatoms. The fourth-order valence-corrected chi connectivity index (χ4v) is 2.60. The maximum atomic E-state index is 13.3. The summed E-state index contributed by atoms with van der Waals surface area (Å²) >= 11 is 5.97. The van der Waals surface area contributed by atoms with Gasteiger partial charge >= 0.3 is 6.18 Å². The first kappa shape index (κ1) is 16.5. The number of para-hydroxylation sites is 1. The van der Waals surface area contributed by atoms with Crippen molar-refractivity contribution in [3.05, 3.63) is 64.8 Å². The summed E-state index contributed by atoms with van der Waals surface area (Å²) in [6.07, 6.45) is -4.55. The highest BCUT2D eigenvalue weighted by molar-refractivity contribution is 6.30. The summed E-state index contributed by atoms with van der Waals surface area (Å²) in [5.74, 6) is 0. The molecule has 0 saturated carbocycles. The van der Waals surface area contributed by atoms with Crippen LogP contribution >= 0.6 is 11.6 Å². The summed E-state index contributed by atoms with van der Waals surface area (Å²) in [7, 11) is 0. The van der Waals surface area contributed by atoms with Gasteiger partial charge in [0.2, 0.25) is 0 Å². The maximum absolute atomic E-state index is 13.3. The van der Waals surface area contributed by atoms with E-state index in [-0.39, 0.29) is 17.1 Å². The molecule has 3 aromatic rings. The van der Waals surface area contributed by atoms with E-state index in [0.29, 0.717) is 10.6 Å². The second-order valence-electron chi connectivity index (χ2n) is 4.98. The van der Waals surface area contributed by atoms with Crippen molar-refractivity contribution in [2.24, 2.45) is 0 Å². The van der Waals surface area contributed by atoms with Crippen molar-refractivity contribution in [1.29, 1.82) is 0 Å². The van der Waals surface area contributed by atoms with Crippen LogP contribution in [-0.4, -0.2) is 20.1 Å². The summed E-state index contributed by atoms with van der Waals surface area (Å²) in [6.45, 7) is -0.462. The van der Waals surface area contributed by atoms with Crippen molar-refractivity contribution in [3.8, 4) is 16.9 Å². The Morgan fingerprint density at radius 1 is 1.08 bits per heavy atom. The fourth-order valence-electron chi connectivity index (χ4n) is 2.41. The van der Waals surface area contributed by atoms with Gasteiger partial charge in [-0.25, -0.2) is 4.68 Å². The molecule has 1 aromatic heterocycles. The molecule has 0 bridgehead atoms. The quantitative estimate of drug-likeness (QED) is 0.771. The first-order valence-corrected chi connectivity index (χ1v) is 7.27. The highest BCUT2D eigenvalue weighted by atomic mass is 35.5. The highest BCUT2D eigenvalue weighted by Crippen LogP contribution is 2.36. The SMILES string of the molecule is OCc1nnn(-c2ccccc2C(F)(F)F)c1-c1cccc(Cl)c1. The summed E-state index contributed by atoms with van der Waals surface area (Å²) in [5.41, 5.74) is -0.0886. The molecule has 0 aliphatic heterocycles. The number of aliphatic hydroxyl groups excluding tert-OH is 1. The number of aromatic nitrogens is 3. The Morgan fingerprint density at radius 2 is 1.83 bits per heavy atom. The summed E-state index contributed by atoms with van der Waals surface area (Å²) < 4.78 is 40.9. The molecule has 0 aliphatic rings. The van der Waals surface area contributed by atoms with E-state index >= 15 is 0 Å². The number of aliphatic hydroxyl groups is 1. The lowest BCUT2D eigenvalue weighted by Gasteiger charge is -2.14. The minimum atomic E-state index is -4.55. The highest BCUT2D eigenvalue weighted by Gasteiger charge is 2.34. The Labute approximate surface area is 140 Å². The van der Waals surface area contributed by atoms with E-state index in [0.717, 1.165) is 10.7 Å². The number of alkyl halides is 3. The molecule has 0 fully saturated rings. The molecular formula is C16H11ClF3N3O. The van der Waals surface area contributed by atoms with Gasteiger partial charge in [-0.3, -0.25) is 0 Å². The van der Waals surface area contributed by atoms with Gasteiger partial charge in [-0.1, -0.05) is 41.1 Å². The van der Waals surface area contributed by atoms with Crippen molar-refractivity contribution >= 4 is 11.6 Å². The molecule has 1 N–H and O–H groups in total. The average Bonchev–Trinajstić information content (AvgIpc) is 2.98. The van der Waals surface area contributed by atoms with Gasteiger partial charge in [0.15, 0.2) is 0 Å². The van der Waals surface area contributed by atoms with Crippen LogP contribution in [0.5, 0.6) is 0 Å². The third-order valence-corrected chi connectivity index (χ3v) is 3.66. The molecule has 3 rings (SSSR count). The third-order valence-electron chi connectivity index (χ3n) is 3.43. The molecule has 0 atom stereocenters. The standard InChI is InChI=1S/C16H11ClF3N3O/c17-11-5-3-4-10(8-11)15-13(9-24)21-22-23(15)14-7-2-1-6-12(14)16(18,19)20/h1-8,24H,9H2. The number of rotatable bonds is 3. The number of hydrogen-bond acceptors (Lipinski definition) is 3. The lowest BCUT2D eigenvalue weighted by Crippen LogP contribution is -2.12. The Hall–Kier alpha value is -2.38. The number of hydrogen-bond donors (Lipinski definition) is 1. The maximum Gasteiger partial charge on any atom is 0.418 e. The number of nitrogens with zero attached hydrogens (tertiary/aromatic N) is 3. The van der Waals surface area contributed by atoms with Crippen LogP contribution in [0.2, 0.25) is 5.02 Å². The topological polar surface area (TPSA) is 50.9 Å². The van der Waals surface area contributed by atoms with Crippen LogP contribution < -0.4 is 0 Å². The van der Waals surface area contributed by atoms with E-state index < -0.39 is 18.3 Å². The normalized spacial score (nSPS) is 11.7. The van der Waals surface area contributed by atoms with Crippen LogP contribution in [0.15, 0.2) is 48.5 Å². The molecular weight excluding hydrogens is 343 g/mol. The van der Waals surface area contributed by atoms with E-state index in [1.807, 2.05) is 0 Å². The second-order valence-corrected chi connectivity index (χ2v) is 5.42. The Morgan fingerprint density at radius 3 is 2.50 bits per heavy atom. The van der Waals surface area contributed by atoms with Crippen LogP contribution in [0.1, 0.15) is 11.3 Å². The number of halogens is 4. The van der Waals surface area contributed by atoms with Gasteiger partial charge < -0.3 is 5.11 Å². The van der Waals surface area contributed by atoms with E-state index in [9.17, 15) is 18.3 Å². The predicted octanol–water partition coefficient (Wildman–Crippen LogP) is 4.10. The van der Waals surface area contributed by atoms with Gasteiger partial charge in [0.05, 0.1) is 17.9 Å². The summed E-state index contributed by atoms with van der Waals surface area (Å²) in [4.78, 5) is 0. The Kier molecular flexibility index (Phi) is 4.29. The summed E-state index contributed by atoms with van der Waals surface area (Å²) in [5, 5.41) is 17.5. The minimum absolute atomic E-state index is 0.161. The second kappa shape index (κ2) is 6.26. The molecule has 0 saturated heterocycles. The largest absolute Gasteiger partial charge is 0.418 e. The van der Waals surface area contributed by atoms with Gasteiger partial charge in [0.25, 0.3) is 0 Å². The van der Waals surface area contributed by atoms with Gasteiger partial charge in [0.1, 0.15) is 11.4 Å². The molecule has 0 unspecified atom stereocenters. The van der Waals surface area contributed by atoms with E-state index in [1.165, 1.54) is 18.2 Å². The van der Waals surface area contributed by atoms with E-state index in [2.05, 4.69) is 10.3 Å². The molecule has 1 heterocycles. The molecule has 0 spiro atoms. The van der Waals surface area contributed by atoms with Crippen molar-refractivity contribution in [2.75, 3.05) is 0 Å². The Bertz CT molecular complexity index is 877. The van der Waals surface area contributed by atoms with Crippen LogP contribution in [-0.2, 0) is 12.8 Å². The smallest absolute Gasteiger partial charge is 0.390 e. The molecule has 0 amide bonds. The molecule has 4 nitrogen and oxygen atoms in total. The third kappa shape index (κ3) is 3.00. The first-order chi connectivity index (χ1) is 11.4.